The van der Waals surface area contributed by atoms with Gasteiger partial charge in [0.2, 0.25) is 0 Å². The molecule has 0 amide bonds. The number of carbonyl (C=O) groups is 1. The number of allylic oxidation sites excluding steroid dienone is 1. The van der Waals surface area contributed by atoms with Crippen molar-refractivity contribution in [2.75, 3.05) is 33.5 Å². The Hall–Kier alpha value is -2.99. The summed E-state index contributed by atoms with van der Waals surface area (Å²) in [6.07, 6.45) is 2.62. The molecule has 0 saturated heterocycles. The summed E-state index contributed by atoms with van der Waals surface area (Å²) in [5, 5.41) is 8.84. The van der Waals surface area contributed by atoms with Gasteiger partial charge in [0.25, 0.3) is 0 Å². The molecule has 0 unspecified atom stereocenters. The Morgan fingerprint density at radius 3 is 2.33 bits per heavy atom. The fourth-order valence-corrected chi connectivity index (χ4v) is 2.35. The first-order valence-electron chi connectivity index (χ1n) is 8.58. The summed E-state index contributed by atoms with van der Waals surface area (Å²) in [7, 11) is 1.61. The van der Waals surface area contributed by atoms with Gasteiger partial charge in [0.05, 0.1) is 25.9 Å². The quantitative estimate of drug-likeness (QED) is 0.453. The van der Waals surface area contributed by atoms with Gasteiger partial charge in [0.1, 0.15) is 19.0 Å². The predicted octanol–water partition coefficient (Wildman–Crippen LogP) is 3.60. The zero-order valence-corrected chi connectivity index (χ0v) is 15.3. The van der Waals surface area contributed by atoms with Crippen molar-refractivity contribution in [3.05, 3.63) is 66.2 Å². The van der Waals surface area contributed by atoms with E-state index in [2.05, 4.69) is 6.58 Å². The Labute approximate surface area is 158 Å². The molecule has 0 fully saturated rings. The molecule has 0 atom stereocenters. The number of rotatable bonds is 12. The van der Waals surface area contributed by atoms with Crippen LogP contribution in [0.5, 0.6) is 17.2 Å². The zero-order valence-electron chi connectivity index (χ0n) is 15.3. The summed E-state index contributed by atoms with van der Waals surface area (Å²) in [6.45, 7) is 5.30. The Bertz CT molecular complexity index is 739. The summed E-state index contributed by atoms with van der Waals surface area (Å²) in [4.78, 5) is 10.8. The van der Waals surface area contributed by atoms with Gasteiger partial charge in [0, 0.05) is 0 Å². The van der Waals surface area contributed by atoms with Crippen molar-refractivity contribution in [1.82, 2.24) is 0 Å². The maximum atomic E-state index is 10.8. The maximum Gasteiger partial charge on any atom is 0.335 e. The number of benzene rings is 2. The van der Waals surface area contributed by atoms with Gasteiger partial charge in [-0.25, -0.2) is 4.79 Å². The van der Waals surface area contributed by atoms with E-state index in [1.165, 1.54) is 12.1 Å². The molecule has 0 saturated carbocycles. The largest absolute Gasteiger partial charge is 0.493 e. The Balaban J connectivity index is 1.64. The standard InChI is InChI=1S/C21H24O6/c1-3-4-16-5-10-19(20(15-16)24-2)27-14-12-25-11-13-26-18-8-6-17(7-9-18)21(22)23/h3,5-10,15H,1,4,11-14H2,2H3,(H,22,23). The Morgan fingerprint density at radius 2 is 1.70 bits per heavy atom. The summed E-state index contributed by atoms with van der Waals surface area (Å²) in [5.74, 6) is 0.993. The monoisotopic (exact) mass is 372 g/mol. The number of ether oxygens (including phenoxy) is 4. The molecule has 6 heteroatoms. The minimum absolute atomic E-state index is 0.226. The Morgan fingerprint density at radius 1 is 1.00 bits per heavy atom. The van der Waals surface area contributed by atoms with E-state index in [1.807, 2.05) is 24.3 Å². The van der Waals surface area contributed by atoms with Crippen LogP contribution in [0.25, 0.3) is 0 Å². The first kappa shape index (κ1) is 20.3. The highest BCUT2D eigenvalue weighted by atomic mass is 16.6. The van der Waals surface area contributed by atoms with E-state index in [0.717, 1.165) is 12.0 Å². The molecular formula is C21H24O6. The zero-order chi connectivity index (χ0) is 19.5. The number of carboxylic acids is 1. The van der Waals surface area contributed by atoms with Crippen molar-refractivity contribution in [3.63, 3.8) is 0 Å². The van der Waals surface area contributed by atoms with Gasteiger partial charge in [-0.15, -0.1) is 6.58 Å². The fourth-order valence-electron chi connectivity index (χ4n) is 2.35. The molecule has 144 valence electrons. The van der Waals surface area contributed by atoms with Gasteiger partial charge in [-0.3, -0.25) is 0 Å². The average molecular weight is 372 g/mol. The third-order valence-corrected chi connectivity index (χ3v) is 3.69. The van der Waals surface area contributed by atoms with Crippen LogP contribution in [-0.2, 0) is 11.2 Å². The number of hydrogen-bond donors (Lipinski definition) is 1. The molecule has 2 rings (SSSR count). The maximum absolute atomic E-state index is 10.8. The van der Waals surface area contributed by atoms with E-state index in [0.29, 0.717) is 43.7 Å². The molecule has 2 aromatic carbocycles. The summed E-state index contributed by atoms with van der Waals surface area (Å²) in [5.41, 5.74) is 1.34. The second-order valence-corrected chi connectivity index (χ2v) is 5.62. The van der Waals surface area contributed by atoms with Crippen molar-refractivity contribution in [2.45, 2.75) is 6.42 Å². The first-order chi connectivity index (χ1) is 13.1. The van der Waals surface area contributed by atoms with E-state index in [-0.39, 0.29) is 5.56 Å². The van der Waals surface area contributed by atoms with Crippen LogP contribution < -0.4 is 14.2 Å². The van der Waals surface area contributed by atoms with E-state index < -0.39 is 5.97 Å². The van der Waals surface area contributed by atoms with Crippen LogP contribution in [0.1, 0.15) is 15.9 Å². The van der Waals surface area contributed by atoms with Gasteiger partial charge < -0.3 is 24.1 Å². The first-order valence-corrected chi connectivity index (χ1v) is 8.58. The van der Waals surface area contributed by atoms with Crippen molar-refractivity contribution in [2.24, 2.45) is 0 Å². The van der Waals surface area contributed by atoms with Gasteiger partial charge in [-0.05, 0) is 48.4 Å². The second-order valence-electron chi connectivity index (χ2n) is 5.62. The van der Waals surface area contributed by atoms with Crippen LogP contribution in [-0.4, -0.2) is 44.6 Å². The minimum Gasteiger partial charge on any atom is -0.493 e. The van der Waals surface area contributed by atoms with Crippen molar-refractivity contribution < 1.29 is 28.8 Å². The lowest BCUT2D eigenvalue weighted by molar-refractivity contribution is 0.0696. The van der Waals surface area contributed by atoms with Crippen LogP contribution in [0.2, 0.25) is 0 Å². The third-order valence-electron chi connectivity index (χ3n) is 3.69. The van der Waals surface area contributed by atoms with Gasteiger partial charge >= 0.3 is 5.97 Å². The molecule has 0 radical (unpaired) electrons. The molecule has 0 aromatic heterocycles. The van der Waals surface area contributed by atoms with Gasteiger partial charge in [-0.1, -0.05) is 12.1 Å². The van der Waals surface area contributed by atoms with Gasteiger partial charge in [0.15, 0.2) is 11.5 Å². The highest BCUT2D eigenvalue weighted by molar-refractivity contribution is 5.87. The third kappa shape index (κ3) is 6.67. The van der Waals surface area contributed by atoms with Crippen LogP contribution in [0.4, 0.5) is 0 Å². The van der Waals surface area contributed by atoms with E-state index in [9.17, 15) is 4.79 Å². The molecule has 0 aliphatic heterocycles. The summed E-state index contributed by atoms with van der Waals surface area (Å²) >= 11 is 0. The predicted molar refractivity (Wildman–Crippen MR) is 102 cm³/mol. The van der Waals surface area contributed by atoms with E-state index in [4.69, 9.17) is 24.1 Å². The minimum atomic E-state index is -0.961. The Kier molecular flexibility index (Phi) is 8.19. The number of methoxy groups -OCH3 is 1. The summed E-state index contributed by atoms with van der Waals surface area (Å²) in [6, 6.07) is 12.0. The van der Waals surface area contributed by atoms with E-state index >= 15 is 0 Å². The molecular weight excluding hydrogens is 348 g/mol. The average Bonchev–Trinajstić information content (AvgIpc) is 2.68. The van der Waals surface area contributed by atoms with Gasteiger partial charge in [-0.2, -0.15) is 0 Å². The van der Waals surface area contributed by atoms with Crippen molar-refractivity contribution in [1.29, 1.82) is 0 Å². The SMILES string of the molecule is C=CCc1ccc(OCCOCCOc2ccc(C(=O)O)cc2)c(OC)c1. The highest BCUT2D eigenvalue weighted by Gasteiger charge is 2.05. The van der Waals surface area contributed by atoms with Crippen LogP contribution in [0.3, 0.4) is 0 Å². The topological polar surface area (TPSA) is 74.2 Å². The van der Waals surface area contributed by atoms with E-state index in [1.54, 1.807) is 19.2 Å². The molecule has 0 spiro atoms. The molecule has 0 bridgehead atoms. The molecule has 2 aromatic rings. The highest BCUT2D eigenvalue weighted by Crippen LogP contribution is 2.28. The lowest BCUT2D eigenvalue weighted by atomic mass is 10.1. The van der Waals surface area contributed by atoms with Crippen LogP contribution in [0.15, 0.2) is 55.1 Å². The lowest BCUT2D eigenvalue weighted by Crippen LogP contribution is -2.12. The lowest BCUT2D eigenvalue weighted by Gasteiger charge is -2.12. The molecule has 27 heavy (non-hydrogen) atoms. The second kappa shape index (κ2) is 10.9. The van der Waals surface area contributed by atoms with Crippen molar-refractivity contribution >= 4 is 5.97 Å². The smallest absolute Gasteiger partial charge is 0.335 e. The molecule has 1 N–H and O–H groups in total. The molecule has 0 heterocycles. The van der Waals surface area contributed by atoms with Crippen molar-refractivity contribution in [3.8, 4) is 17.2 Å². The fraction of sp³-hybridized carbons (Fsp3) is 0.286. The number of carboxylic acid groups (broad SMARTS) is 1. The number of hydrogen-bond acceptors (Lipinski definition) is 5. The molecule has 0 aliphatic rings. The summed E-state index contributed by atoms with van der Waals surface area (Å²) < 4.78 is 22.0. The molecule has 6 nitrogen and oxygen atoms in total. The van der Waals surface area contributed by atoms with Crippen LogP contribution in [0, 0.1) is 0 Å². The molecule has 0 aliphatic carbocycles. The van der Waals surface area contributed by atoms with Crippen LogP contribution >= 0.6 is 0 Å². The number of aromatic carboxylic acids is 1. The normalized spacial score (nSPS) is 10.3.